The molecule has 0 saturated carbocycles. The van der Waals surface area contributed by atoms with Crippen LogP contribution < -0.4 is 10.1 Å². The molecule has 2 aromatic rings. The first-order chi connectivity index (χ1) is 9.15. The van der Waals surface area contributed by atoms with E-state index in [0.717, 1.165) is 5.56 Å². The summed E-state index contributed by atoms with van der Waals surface area (Å²) >= 11 is 3.26. The Balaban J connectivity index is 2.13. The Morgan fingerprint density at radius 2 is 2.11 bits per heavy atom. The molecule has 19 heavy (non-hydrogen) atoms. The predicted octanol–water partition coefficient (Wildman–Crippen LogP) is 3.38. The van der Waals surface area contributed by atoms with Gasteiger partial charge in [-0.2, -0.15) is 0 Å². The second-order valence-corrected chi connectivity index (χ2v) is 4.77. The molecule has 98 valence electrons. The van der Waals surface area contributed by atoms with Crippen molar-refractivity contribution in [2.45, 2.75) is 13.5 Å². The van der Waals surface area contributed by atoms with E-state index in [0.29, 0.717) is 22.6 Å². The third-order valence-corrected chi connectivity index (χ3v) is 2.82. The number of pyridine rings is 1. The summed E-state index contributed by atoms with van der Waals surface area (Å²) in [6.07, 6.45) is 1.58. The molecule has 0 fully saturated rings. The van der Waals surface area contributed by atoms with Crippen LogP contribution in [0.3, 0.4) is 0 Å². The van der Waals surface area contributed by atoms with E-state index < -0.39 is 0 Å². The van der Waals surface area contributed by atoms with Gasteiger partial charge in [-0.05, 0) is 27.6 Å². The average Bonchev–Trinajstić information content (AvgIpc) is 2.38. The maximum Gasteiger partial charge on any atom is 0.221 e. The minimum absolute atomic E-state index is 0.150. The number of hydrogen-bond donors (Lipinski definition) is 1. The highest BCUT2D eigenvalue weighted by atomic mass is 79.9. The lowest BCUT2D eigenvalue weighted by Crippen LogP contribution is -2.08. The molecule has 0 spiro atoms. The molecule has 0 bridgehead atoms. The van der Waals surface area contributed by atoms with E-state index in [9.17, 15) is 4.79 Å². The van der Waals surface area contributed by atoms with Crippen LogP contribution in [0, 0.1) is 0 Å². The van der Waals surface area contributed by atoms with Gasteiger partial charge in [0, 0.05) is 6.92 Å². The van der Waals surface area contributed by atoms with Gasteiger partial charge in [0.15, 0.2) is 5.75 Å². The first-order valence-electron chi connectivity index (χ1n) is 5.75. The van der Waals surface area contributed by atoms with E-state index in [2.05, 4.69) is 26.2 Å². The Morgan fingerprint density at radius 3 is 2.79 bits per heavy atom. The molecule has 2 rings (SSSR count). The molecule has 0 aliphatic heterocycles. The van der Waals surface area contributed by atoms with Gasteiger partial charge in [-0.3, -0.25) is 4.79 Å². The van der Waals surface area contributed by atoms with Crippen LogP contribution in [-0.2, 0) is 11.4 Å². The maximum absolute atomic E-state index is 11.1. The van der Waals surface area contributed by atoms with Crippen LogP contribution in [0.15, 0.2) is 47.2 Å². The van der Waals surface area contributed by atoms with Gasteiger partial charge < -0.3 is 10.1 Å². The van der Waals surface area contributed by atoms with Gasteiger partial charge in [0.1, 0.15) is 11.2 Å². The molecule has 1 aromatic carbocycles. The molecule has 0 aliphatic carbocycles. The second kappa shape index (κ2) is 6.33. The van der Waals surface area contributed by atoms with Crippen LogP contribution in [0.2, 0.25) is 0 Å². The zero-order valence-corrected chi connectivity index (χ0v) is 12.0. The number of anilines is 1. The molecule has 0 atom stereocenters. The molecule has 1 N–H and O–H groups in total. The predicted molar refractivity (Wildman–Crippen MR) is 77.0 cm³/mol. The summed E-state index contributed by atoms with van der Waals surface area (Å²) in [5, 5.41) is 2.72. The highest BCUT2D eigenvalue weighted by Crippen LogP contribution is 2.27. The largest absolute Gasteiger partial charge is 0.485 e. The molecule has 5 heteroatoms. The molecule has 1 amide bonds. The van der Waals surface area contributed by atoms with Gasteiger partial charge in [0.2, 0.25) is 5.91 Å². The maximum atomic E-state index is 11.1. The minimum Gasteiger partial charge on any atom is -0.485 e. The fourth-order valence-corrected chi connectivity index (χ4v) is 1.89. The Bertz CT molecular complexity index is 573. The van der Waals surface area contributed by atoms with Crippen LogP contribution >= 0.6 is 15.9 Å². The van der Waals surface area contributed by atoms with Gasteiger partial charge in [0.05, 0.1) is 11.9 Å². The van der Waals surface area contributed by atoms with Gasteiger partial charge in [-0.1, -0.05) is 30.3 Å². The van der Waals surface area contributed by atoms with Crippen molar-refractivity contribution in [2.75, 3.05) is 5.32 Å². The number of nitrogens with one attached hydrogen (secondary N) is 1. The fraction of sp³-hybridized carbons (Fsp3) is 0.143. The molecule has 0 unspecified atom stereocenters. The Labute approximate surface area is 119 Å². The third-order valence-electron chi connectivity index (χ3n) is 2.38. The average molecular weight is 321 g/mol. The Kier molecular flexibility index (Phi) is 4.52. The highest BCUT2D eigenvalue weighted by Gasteiger charge is 2.07. The lowest BCUT2D eigenvalue weighted by Gasteiger charge is -2.11. The number of amides is 1. The van der Waals surface area contributed by atoms with Gasteiger partial charge in [-0.15, -0.1) is 0 Å². The summed E-state index contributed by atoms with van der Waals surface area (Å²) in [6, 6.07) is 11.5. The number of hydrogen-bond acceptors (Lipinski definition) is 3. The van der Waals surface area contributed by atoms with Crippen molar-refractivity contribution in [3.05, 3.63) is 52.8 Å². The van der Waals surface area contributed by atoms with Crippen LogP contribution in [0.5, 0.6) is 5.75 Å². The molecular formula is C14H13BrN2O2. The van der Waals surface area contributed by atoms with Crippen molar-refractivity contribution in [3.63, 3.8) is 0 Å². The molecule has 1 aromatic heterocycles. The number of rotatable bonds is 4. The molecule has 0 aliphatic rings. The third kappa shape index (κ3) is 4.06. The smallest absolute Gasteiger partial charge is 0.221 e. The summed E-state index contributed by atoms with van der Waals surface area (Å²) in [7, 11) is 0. The number of carbonyl (C=O) groups excluding carboxylic acids is 1. The van der Waals surface area contributed by atoms with E-state index in [4.69, 9.17) is 4.74 Å². The summed E-state index contributed by atoms with van der Waals surface area (Å²) in [5.74, 6) is 0.393. The second-order valence-electron chi connectivity index (χ2n) is 3.96. The van der Waals surface area contributed by atoms with E-state index in [1.54, 1.807) is 12.3 Å². The topological polar surface area (TPSA) is 51.2 Å². The number of benzene rings is 1. The van der Waals surface area contributed by atoms with E-state index in [1.807, 2.05) is 30.3 Å². The summed E-state index contributed by atoms with van der Waals surface area (Å²) in [4.78, 5) is 15.2. The van der Waals surface area contributed by atoms with Crippen molar-refractivity contribution in [1.82, 2.24) is 4.98 Å². The van der Waals surface area contributed by atoms with Crippen LogP contribution in [0.4, 0.5) is 5.69 Å². The Hall–Kier alpha value is -1.88. The van der Waals surface area contributed by atoms with Crippen LogP contribution in [-0.4, -0.2) is 10.9 Å². The van der Waals surface area contributed by atoms with Gasteiger partial charge in [0.25, 0.3) is 0 Å². The first kappa shape index (κ1) is 13.5. The van der Waals surface area contributed by atoms with Crippen molar-refractivity contribution in [3.8, 4) is 5.75 Å². The lowest BCUT2D eigenvalue weighted by molar-refractivity contribution is -0.114. The van der Waals surface area contributed by atoms with Gasteiger partial charge >= 0.3 is 0 Å². The summed E-state index contributed by atoms with van der Waals surface area (Å²) in [5.41, 5.74) is 1.66. The monoisotopic (exact) mass is 320 g/mol. The molecule has 0 radical (unpaired) electrons. The Morgan fingerprint density at radius 1 is 1.37 bits per heavy atom. The van der Waals surface area contributed by atoms with Crippen molar-refractivity contribution < 1.29 is 9.53 Å². The van der Waals surface area contributed by atoms with Crippen molar-refractivity contribution in [1.29, 1.82) is 0 Å². The SMILES string of the molecule is CC(=O)Nc1cc(Br)ncc1OCc1ccccc1. The van der Waals surface area contributed by atoms with Crippen molar-refractivity contribution >= 4 is 27.5 Å². The fourth-order valence-electron chi connectivity index (χ4n) is 1.56. The number of halogens is 1. The zero-order chi connectivity index (χ0) is 13.7. The molecule has 0 saturated heterocycles. The van der Waals surface area contributed by atoms with E-state index >= 15 is 0 Å². The summed E-state index contributed by atoms with van der Waals surface area (Å²) < 4.78 is 6.32. The molecule has 4 nitrogen and oxygen atoms in total. The zero-order valence-electron chi connectivity index (χ0n) is 10.4. The summed E-state index contributed by atoms with van der Waals surface area (Å²) in [6.45, 7) is 1.88. The minimum atomic E-state index is -0.150. The van der Waals surface area contributed by atoms with E-state index in [1.165, 1.54) is 6.92 Å². The molecule has 1 heterocycles. The standard InChI is InChI=1S/C14H13BrN2O2/c1-10(18)17-12-7-14(15)16-8-13(12)19-9-11-5-3-2-4-6-11/h2-8H,9H2,1H3,(H,16,17,18). The van der Waals surface area contributed by atoms with Crippen LogP contribution in [0.25, 0.3) is 0 Å². The quantitative estimate of drug-likeness (QED) is 0.878. The number of carbonyl (C=O) groups is 1. The van der Waals surface area contributed by atoms with E-state index in [-0.39, 0.29) is 5.91 Å². The van der Waals surface area contributed by atoms with Crippen molar-refractivity contribution in [2.24, 2.45) is 0 Å². The number of nitrogens with zero attached hydrogens (tertiary/aromatic N) is 1. The van der Waals surface area contributed by atoms with Crippen LogP contribution in [0.1, 0.15) is 12.5 Å². The number of aromatic nitrogens is 1. The number of ether oxygens (including phenoxy) is 1. The highest BCUT2D eigenvalue weighted by molar-refractivity contribution is 9.10. The molecular weight excluding hydrogens is 308 g/mol. The normalized spacial score (nSPS) is 10.0. The first-order valence-corrected chi connectivity index (χ1v) is 6.54. The lowest BCUT2D eigenvalue weighted by atomic mass is 10.2. The van der Waals surface area contributed by atoms with Gasteiger partial charge in [-0.25, -0.2) is 4.98 Å².